The standard InChI is InChI=1S/C27H20BrN3O2S/c1-17-8-11-20(12-9-17)25(32)31-27-24(19-6-4-3-5-7-19)30-26(34-27)21(16-29)14-18-10-13-23(33-2)22(28)15-18/h3-15H,1-2H3,(H,31,32)/b21-14+. The maximum absolute atomic E-state index is 12.9. The van der Waals surface area contributed by atoms with Crippen LogP contribution in [0.15, 0.2) is 77.3 Å². The maximum atomic E-state index is 12.9. The highest BCUT2D eigenvalue weighted by Crippen LogP contribution is 2.37. The van der Waals surface area contributed by atoms with Crippen molar-refractivity contribution in [3.63, 3.8) is 0 Å². The number of rotatable bonds is 6. The third-order valence-corrected chi connectivity index (χ3v) is 6.68. The van der Waals surface area contributed by atoms with E-state index in [0.717, 1.165) is 21.2 Å². The fraction of sp³-hybridized carbons (Fsp3) is 0.0741. The molecule has 4 aromatic rings. The van der Waals surface area contributed by atoms with Crippen LogP contribution in [0, 0.1) is 18.3 Å². The Morgan fingerprint density at radius 1 is 1.12 bits per heavy atom. The third kappa shape index (κ3) is 5.25. The Morgan fingerprint density at radius 2 is 1.85 bits per heavy atom. The number of hydrogen-bond acceptors (Lipinski definition) is 5. The molecule has 168 valence electrons. The summed E-state index contributed by atoms with van der Waals surface area (Å²) in [6.45, 7) is 1.97. The van der Waals surface area contributed by atoms with Crippen molar-refractivity contribution in [1.29, 1.82) is 5.26 Å². The van der Waals surface area contributed by atoms with Gasteiger partial charge in [-0.15, -0.1) is 0 Å². The van der Waals surface area contributed by atoms with Crippen LogP contribution in [0.5, 0.6) is 5.75 Å². The monoisotopic (exact) mass is 529 g/mol. The molecule has 0 fully saturated rings. The molecule has 0 unspecified atom stereocenters. The van der Waals surface area contributed by atoms with Crippen LogP contribution in [0.25, 0.3) is 22.9 Å². The predicted molar refractivity (Wildman–Crippen MR) is 141 cm³/mol. The molecule has 0 aliphatic rings. The van der Waals surface area contributed by atoms with Crippen LogP contribution in [0.4, 0.5) is 5.00 Å². The van der Waals surface area contributed by atoms with Gasteiger partial charge in [-0.25, -0.2) is 4.98 Å². The number of anilines is 1. The molecule has 0 aliphatic heterocycles. The van der Waals surface area contributed by atoms with Crippen molar-refractivity contribution in [2.45, 2.75) is 6.92 Å². The Balaban J connectivity index is 1.74. The number of nitrogens with one attached hydrogen (secondary N) is 1. The van der Waals surface area contributed by atoms with Gasteiger partial charge < -0.3 is 10.1 Å². The molecule has 0 bridgehead atoms. The smallest absolute Gasteiger partial charge is 0.256 e. The van der Waals surface area contributed by atoms with E-state index in [9.17, 15) is 10.1 Å². The summed E-state index contributed by atoms with van der Waals surface area (Å²) in [5, 5.41) is 14.0. The van der Waals surface area contributed by atoms with Gasteiger partial charge in [0, 0.05) is 11.1 Å². The van der Waals surface area contributed by atoms with Crippen molar-refractivity contribution < 1.29 is 9.53 Å². The Hall–Kier alpha value is -3.73. The second-order valence-electron chi connectivity index (χ2n) is 7.45. The molecule has 0 spiro atoms. The van der Waals surface area contributed by atoms with Gasteiger partial charge >= 0.3 is 0 Å². The molecular formula is C27H20BrN3O2S. The number of nitriles is 1. The fourth-order valence-corrected chi connectivity index (χ4v) is 4.78. The number of carbonyl (C=O) groups is 1. The number of allylic oxidation sites excluding steroid dienone is 1. The highest BCUT2D eigenvalue weighted by atomic mass is 79.9. The van der Waals surface area contributed by atoms with E-state index in [1.54, 1.807) is 25.3 Å². The van der Waals surface area contributed by atoms with Gasteiger partial charge in [0.25, 0.3) is 5.91 Å². The van der Waals surface area contributed by atoms with Crippen LogP contribution in [-0.4, -0.2) is 18.0 Å². The number of nitrogens with zero attached hydrogens (tertiary/aromatic N) is 2. The number of aromatic nitrogens is 1. The number of ether oxygens (including phenoxy) is 1. The van der Waals surface area contributed by atoms with Crippen molar-refractivity contribution >= 4 is 49.8 Å². The van der Waals surface area contributed by atoms with E-state index in [4.69, 9.17) is 9.72 Å². The highest BCUT2D eigenvalue weighted by Gasteiger charge is 2.18. The van der Waals surface area contributed by atoms with Crippen molar-refractivity contribution in [2.24, 2.45) is 0 Å². The Bertz CT molecular complexity index is 1400. The number of hydrogen-bond donors (Lipinski definition) is 1. The van der Waals surface area contributed by atoms with E-state index in [0.29, 0.717) is 32.6 Å². The minimum atomic E-state index is -0.228. The van der Waals surface area contributed by atoms with Gasteiger partial charge in [0.1, 0.15) is 27.5 Å². The topological polar surface area (TPSA) is 75.0 Å². The van der Waals surface area contributed by atoms with Crippen LogP contribution in [0.3, 0.4) is 0 Å². The molecule has 1 heterocycles. The molecule has 5 nitrogen and oxygen atoms in total. The van der Waals surface area contributed by atoms with E-state index >= 15 is 0 Å². The lowest BCUT2D eigenvalue weighted by Crippen LogP contribution is -2.11. The zero-order valence-corrected chi connectivity index (χ0v) is 20.9. The van der Waals surface area contributed by atoms with E-state index in [1.807, 2.05) is 67.6 Å². The van der Waals surface area contributed by atoms with Crippen LogP contribution < -0.4 is 10.1 Å². The molecule has 0 radical (unpaired) electrons. The first-order valence-corrected chi connectivity index (χ1v) is 12.0. The summed E-state index contributed by atoms with van der Waals surface area (Å²) < 4.78 is 6.07. The second-order valence-corrected chi connectivity index (χ2v) is 9.30. The average molecular weight is 530 g/mol. The predicted octanol–water partition coefficient (Wildman–Crippen LogP) is 7.21. The van der Waals surface area contributed by atoms with E-state index in [-0.39, 0.29) is 5.91 Å². The zero-order chi connectivity index (χ0) is 24.1. The SMILES string of the molecule is COc1ccc(/C=C(\C#N)c2nc(-c3ccccc3)c(NC(=O)c3ccc(C)cc3)s2)cc1Br. The number of halogens is 1. The van der Waals surface area contributed by atoms with E-state index in [1.165, 1.54) is 11.3 Å². The molecule has 1 amide bonds. The molecule has 34 heavy (non-hydrogen) atoms. The molecule has 0 aliphatic carbocycles. The summed E-state index contributed by atoms with van der Waals surface area (Å²) >= 11 is 4.75. The lowest BCUT2D eigenvalue weighted by atomic mass is 10.1. The summed E-state index contributed by atoms with van der Waals surface area (Å²) in [7, 11) is 1.60. The molecule has 7 heteroatoms. The molecule has 0 atom stereocenters. The lowest BCUT2D eigenvalue weighted by Gasteiger charge is -2.05. The average Bonchev–Trinajstić information content (AvgIpc) is 3.27. The number of aryl methyl sites for hydroxylation is 1. The fourth-order valence-electron chi connectivity index (χ4n) is 3.27. The summed E-state index contributed by atoms with van der Waals surface area (Å²) in [5.41, 5.74) is 4.34. The number of benzene rings is 3. The quantitative estimate of drug-likeness (QED) is 0.268. The Kier molecular flexibility index (Phi) is 7.21. The number of methoxy groups -OCH3 is 1. The Morgan fingerprint density at radius 3 is 2.50 bits per heavy atom. The number of carbonyl (C=O) groups excluding carboxylic acids is 1. The normalized spacial score (nSPS) is 11.1. The first-order valence-electron chi connectivity index (χ1n) is 10.4. The van der Waals surface area contributed by atoms with Gasteiger partial charge in [0.05, 0.1) is 17.2 Å². The highest BCUT2D eigenvalue weighted by molar-refractivity contribution is 9.10. The molecular weight excluding hydrogens is 510 g/mol. The van der Waals surface area contributed by atoms with Gasteiger partial charge in [-0.1, -0.05) is 65.4 Å². The molecule has 1 aromatic heterocycles. The van der Waals surface area contributed by atoms with Crippen LogP contribution in [0.2, 0.25) is 0 Å². The second kappa shape index (κ2) is 10.5. The zero-order valence-electron chi connectivity index (χ0n) is 18.5. The van der Waals surface area contributed by atoms with Gasteiger partial charge in [-0.2, -0.15) is 5.26 Å². The number of thiazole rings is 1. The van der Waals surface area contributed by atoms with Gasteiger partial charge in [0.2, 0.25) is 0 Å². The summed E-state index contributed by atoms with van der Waals surface area (Å²) in [5.74, 6) is 0.478. The van der Waals surface area contributed by atoms with Crippen molar-refractivity contribution in [2.75, 3.05) is 12.4 Å². The minimum Gasteiger partial charge on any atom is -0.496 e. The first kappa shape index (κ1) is 23.4. The molecule has 3 aromatic carbocycles. The van der Waals surface area contributed by atoms with E-state index in [2.05, 4.69) is 27.3 Å². The van der Waals surface area contributed by atoms with Crippen LogP contribution in [0.1, 0.15) is 26.5 Å². The van der Waals surface area contributed by atoms with Crippen LogP contribution in [-0.2, 0) is 0 Å². The van der Waals surface area contributed by atoms with Crippen molar-refractivity contribution in [3.8, 4) is 23.1 Å². The molecule has 1 N–H and O–H groups in total. The first-order chi connectivity index (χ1) is 16.5. The van der Waals surface area contributed by atoms with Gasteiger partial charge in [-0.05, 0) is 58.8 Å². The Labute approximate surface area is 210 Å². The third-order valence-electron chi connectivity index (χ3n) is 5.05. The van der Waals surface area contributed by atoms with Crippen LogP contribution >= 0.6 is 27.3 Å². The molecule has 0 saturated heterocycles. The number of amides is 1. The molecule has 4 rings (SSSR count). The lowest BCUT2D eigenvalue weighted by molar-refractivity contribution is 0.102. The summed E-state index contributed by atoms with van der Waals surface area (Å²) in [6.07, 6.45) is 1.77. The molecule has 0 saturated carbocycles. The van der Waals surface area contributed by atoms with Crippen molar-refractivity contribution in [1.82, 2.24) is 4.98 Å². The van der Waals surface area contributed by atoms with Gasteiger partial charge in [-0.3, -0.25) is 4.79 Å². The largest absolute Gasteiger partial charge is 0.496 e. The maximum Gasteiger partial charge on any atom is 0.256 e. The van der Waals surface area contributed by atoms with E-state index < -0.39 is 0 Å². The summed E-state index contributed by atoms with van der Waals surface area (Å²) in [6, 6.07) is 24.8. The van der Waals surface area contributed by atoms with Gasteiger partial charge in [0.15, 0.2) is 0 Å². The summed E-state index contributed by atoms with van der Waals surface area (Å²) in [4.78, 5) is 17.7. The van der Waals surface area contributed by atoms with Crippen molar-refractivity contribution in [3.05, 3.63) is 99.0 Å². The minimum absolute atomic E-state index is 0.228.